The van der Waals surface area contributed by atoms with Crippen molar-refractivity contribution in [1.82, 2.24) is 10.6 Å². The molecule has 3 rings (SSSR count). The monoisotopic (exact) mass is 516 g/mol. The zero-order chi connectivity index (χ0) is 23.8. The second-order valence-corrected chi connectivity index (χ2v) is 7.57. The number of ether oxygens (including phenoxy) is 1. The van der Waals surface area contributed by atoms with Crippen LogP contribution in [-0.2, 0) is 4.79 Å². The Morgan fingerprint density at radius 1 is 1.03 bits per heavy atom. The fourth-order valence-corrected chi connectivity index (χ4v) is 3.11. The summed E-state index contributed by atoms with van der Waals surface area (Å²) < 4.78 is 33.7. The zero-order valence-corrected chi connectivity index (χ0v) is 18.7. The first-order chi connectivity index (χ1) is 15.9. The van der Waals surface area contributed by atoms with Crippen molar-refractivity contribution in [2.24, 2.45) is 0 Å². The average molecular weight is 517 g/mol. The summed E-state index contributed by atoms with van der Waals surface area (Å²) >= 11 is 3.40. The third-order valence-electron chi connectivity index (χ3n) is 4.32. The van der Waals surface area contributed by atoms with E-state index in [2.05, 4.69) is 26.6 Å². The van der Waals surface area contributed by atoms with Crippen LogP contribution >= 0.6 is 15.9 Å². The summed E-state index contributed by atoms with van der Waals surface area (Å²) in [6.07, 6.45) is 1.38. The predicted octanol–water partition coefficient (Wildman–Crippen LogP) is 4.40. The van der Waals surface area contributed by atoms with Crippen LogP contribution in [0.15, 0.2) is 76.9 Å². The average Bonchev–Trinajstić information content (AvgIpc) is 2.79. The molecular formula is C24H19BrF2N2O4. The Kier molecular flexibility index (Phi) is 8.28. The van der Waals surface area contributed by atoms with Crippen molar-refractivity contribution in [2.45, 2.75) is 0 Å². The summed E-state index contributed by atoms with van der Waals surface area (Å²) in [7, 11) is 0. The molecule has 0 spiro atoms. The Labute approximate surface area is 197 Å². The highest BCUT2D eigenvalue weighted by Gasteiger charge is 2.17. The van der Waals surface area contributed by atoms with Gasteiger partial charge < -0.3 is 20.5 Å². The molecular weight excluding hydrogens is 498 g/mol. The molecule has 6 nitrogen and oxygen atoms in total. The lowest BCUT2D eigenvalue weighted by Crippen LogP contribution is -2.36. The fraction of sp³-hybridized carbons (Fsp3) is 0.0833. The summed E-state index contributed by atoms with van der Waals surface area (Å²) in [6, 6.07) is 16.5. The van der Waals surface area contributed by atoms with Crippen molar-refractivity contribution in [2.75, 3.05) is 13.2 Å². The number of carbonyl (C=O) groups excluding carboxylic acids is 2. The van der Waals surface area contributed by atoms with Crippen LogP contribution in [0.1, 0.15) is 15.9 Å². The minimum Gasteiger partial charge on any atom is -0.456 e. The molecule has 3 aromatic rings. The first kappa shape index (κ1) is 24.1. The minimum absolute atomic E-state index is 0.0459. The van der Waals surface area contributed by atoms with Crippen LogP contribution in [-0.4, -0.2) is 30.1 Å². The van der Waals surface area contributed by atoms with Crippen LogP contribution < -0.4 is 15.4 Å². The quantitative estimate of drug-likeness (QED) is 0.387. The van der Waals surface area contributed by atoms with Gasteiger partial charge in [-0.05, 0) is 64.0 Å². The summed E-state index contributed by atoms with van der Waals surface area (Å²) in [5.41, 5.74) is -0.0606. The first-order valence-electron chi connectivity index (χ1n) is 9.77. The second kappa shape index (κ2) is 11.3. The molecule has 0 fully saturated rings. The summed E-state index contributed by atoms with van der Waals surface area (Å²) in [4.78, 5) is 24.9. The van der Waals surface area contributed by atoms with Crippen LogP contribution in [0.25, 0.3) is 6.08 Å². The number of para-hydroxylation sites is 1. The molecule has 33 heavy (non-hydrogen) atoms. The number of halogens is 3. The molecule has 9 heteroatoms. The van der Waals surface area contributed by atoms with Gasteiger partial charge in [0.2, 0.25) is 0 Å². The van der Waals surface area contributed by atoms with Crippen molar-refractivity contribution in [3.8, 4) is 11.5 Å². The number of nitrogens with one attached hydrogen (secondary N) is 2. The molecule has 0 heterocycles. The van der Waals surface area contributed by atoms with Crippen LogP contribution in [0, 0.1) is 11.6 Å². The van der Waals surface area contributed by atoms with Crippen molar-refractivity contribution < 1.29 is 28.2 Å². The smallest absolute Gasteiger partial charge is 0.267 e. The predicted molar refractivity (Wildman–Crippen MR) is 123 cm³/mol. The van der Waals surface area contributed by atoms with Crippen molar-refractivity contribution in [3.63, 3.8) is 0 Å². The summed E-state index contributed by atoms with van der Waals surface area (Å²) in [6.45, 7) is -0.351. The highest BCUT2D eigenvalue weighted by Crippen LogP contribution is 2.29. The Bertz CT molecular complexity index is 1180. The molecule has 0 saturated carbocycles. The van der Waals surface area contributed by atoms with Crippen molar-refractivity contribution >= 4 is 33.8 Å². The summed E-state index contributed by atoms with van der Waals surface area (Å²) in [5.74, 6) is -2.33. The van der Waals surface area contributed by atoms with E-state index in [0.29, 0.717) is 23.1 Å². The molecule has 0 atom stereocenters. The van der Waals surface area contributed by atoms with Crippen LogP contribution in [0.5, 0.6) is 11.5 Å². The lowest BCUT2D eigenvalue weighted by molar-refractivity contribution is -0.117. The van der Waals surface area contributed by atoms with Crippen LogP contribution in [0.2, 0.25) is 0 Å². The minimum atomic E-state index is -1.06. The van der Waals surface area contributed by atoms with Gasteiger partial charge in [-0.1, -0.05) is 24.3 Å². The molecule has 0 aliphatic carbocycles. The maximum absolute atomic E-state index is 14.0. The van der Waals surface area contributed by atoms with Gasteiger partial charge in [0.25, 0.3) is 11.8 Å². The number of amides is 2. The Hall–Kier alpha value is -3.56. The van der Waals surface area contributed by atoms with Gasteiger partial charge >= 0.3 is 0 Å². The lowest BCUT2D eigenvalue weighted by Gasteiger charge is -2.12. The molecule has 0 aliphatic rings. The van der Waals surface area contributed by atoms with E-state index in [4.69, 9.17) is 9.84 Å². The van der Waals surface area contributed by atoms with Gasteiger partial charge in [0, 0.05) is 12.6 Å². The van der Waals surface area contributed by atoms with E-state index in [1.807, 2.05) is 18.2 Å². The SMILES string of the molecule is O=C(NCCO)/C(=C\c1ccc(Oc2ccccc2Br)cc1)NC(=O)c1ccc(F)cc1F. The second-order valence-electron chi connectivity index (χ2n) is 6.72. The zero-order valence-electron chi connectivity index (χ0n) is 17.1. The first-order valence-corrected chi connectivity index (χ1v) is 10.6. The molecule has 0 bridgehead atoms. The van der Waals surface area contributed by atoms with E-state index in [1.165, 1.54) is 6.08 Å². The molecule has 0 aromatic heterocycles. The Morgan fingerprint density at radius 2 is 1.76 bits per heavy atom. The molecule has 170 valence electrons. The number of aliphatic hydroxyl groups excluding tert-OH is 1. The van der Waals surface area contributed by atoms with Gasteiger partial charge in [-0.25, -0.2) is 8.78 Å². The molecule has 2 amide bonds. The van der Waals surface area contributed by atoms with E-state index in [0.717, 1.165) is 16.6 Å². The molecule has 0 aliphatic heterocycles. The van der Waals surface area contributed by atoms with Gasteiger partial charge in [0.05, 0.1) is 16.6 Å². The normalized spacial score (nSPS) is 11.1. The molecule has 0 unspecified atom stereocenters. The standard InChI is InChI=1S/C24H19BrF2N2O4/c25-19-3-1-2-4-22(19)33-17-8-5-15(6-9-17)13-21(24(32)28-11-12-30)29-23(31)18-10-7-16(26)14-20(18)27/h1-10,13-14,30H,11-12H2,(H,28,32)(H,29,31)/b21-13+. The van der Waals surface area contributed by atoms with Gasteiger partial charge in [0.1, 0.15) is 28.8 Å². The highest BCUT2D eigenvalue weighted by molar-refractivity contribution is 9.10. The third kappa shape index (κ3) is 6.71. The van der Waals surface area contributed by atoms with Crippen molar-refractivity contribution in [3.05, 3.63) is 99.7 Å². The van der Waals surface area contributed by atoms with Gasteiger partial charge in [0.15, 0.2) is 0 Å². The maximum Gasteiger partial charge on any atom is 0.267 e. The van der Waals surface area contributed by atoms with Crippen molar-refractivity contribution in [1.29, 1.82) is 0 Å². The number of aliphatic hydroxyl groups is 1. The van der Waals surface area contributed by atoms with E-state index < -0.39 is 29.0 Å². The molecule has 0 radical (unpaired) electrons. The van der Waals surface area contributed by atoms with Gasteiger partial charge in [-0.15, -0.1) is 0 Å². The number of rotatable bonds is 8. The van der Waals surface area contributed by atoms with E-state index >= 15 is 0 Å². The Balaban J connectivity index is 1.82. The molecule has 3 aromatic carbocycles. The lowest BCUT2D eigenvalue weighted by atomic mass is 10.1. The third-order valence-corrected chi connectivity index (χ3v) is 4.98. The van der Waals surface area contributed by atoms with Crippen LogP contribution in [0.4, 0.5) is 8.78 Å². The van der Waals surface area contributed by atoms with E-state index in [9.17, 15) is 18.4 Å². The summed E-state index contributed by atoms with van der Waals surface area (Å²) in [5, 5.41) is 13.7. The highest BCUT2D eigenvalue weighted by atomic mass is 79.9. The largest absolute Gasteiger partial charge is 0.456 e. The topological polar surface area (TPSA) is 87.7 Å². The number of carbonyl (C=O) groups is 2. The van der Waals surface area contributed by atoms with E-state index in [1.54, 1.807) is 30.3 Å². The van der Waals surface area contributed by atoms with Gasteiger partial charge in [-0.2, -0.15) is 0 Å². The number of benzene rings is 3. The Morgan fingerprint density at radius 3 is 2.42 bits per heavy atom. The molecule has 0 saturated heterocycles. The van der Waals surface area contributed by atoms with E-state index in [-0.39, 0.29) is 18.8 Å². The van der Waals surface area contributed by atoms with Crippen LogP contribution in [0.3, 0.4) is 0 Å². The number of hydrogen-bond donors (Lipinski definition) is 3. The van der Waals surface area contributed by atoms with Gasteiger partial charge in [-0.3, -0.25) is 9.59 Å². The molecule has 3 N–H and O–H groups in total. The number of hydrogen-bond acceptors (Lipinski definition) is 4. The maximum atomic E-state index is 14.0. The fourth-order valence-electron chi connectivity index (χ4n) is 2.74.